The van der Waals surface area contributed by atoms with Crippen LogP contribution in [0.4, 0.5) is 11.4 Å². The number of carbonyl (C=O) groups excluding carboxylic acids is 2. The molecular weight excluding hydrogens is 378 g/mol. The summed E-state index contributed by atoms with van der Waals surface area (Å²) in [5.41, 5.74) is 1.72. The lowest BCUT2D eigenvalue weighted by Gasteiger charge is -2.38. The number of halogens is 1. The molecule has 2 aromatic rings. The Bertz CT molecular complexity index is 861. The van der Waals surface area contributed by atoms with Crippen LogP contribution in [0.15, 0.2) is 48.5 Å². The van der Waals surface area contributed by atoms with Crippen molar-refractivity contribution in [2.24, 2.45) is 0 Å². The van der Waals surface area contributed by atoms with E-state index in [1.165, 1.54) is 4.90 Å². The molecular formula is C21H22ClN3O3. The third-order valence-electron chi connectivity index (χ3n) is 5.40. The zero-order valence-corrected chi connectivity index (χ0v) is 16.4. The number of amides is 2. The van der Waals surface area contributed by atoms with Crippen LogP contribution in [0.25, 0.3) is 0 Å². The van der Waals surface area contributed by atoms with Crippen LogP contribution in [0, 0.1) is 0 Å². The molecule has 28 heavy (non-hydrogen) atoms. The van der Waals surface area contributed by atoms with Gasteiger partial charge in [0.2, 0.25) is 5.91 Å². The Labute approximate surface area is 169 Å². The lowest BCUT2D eigenvalue weighted by molar-refractivity contribution is -0.123. The molecule has 2 heterocycles. The molecule has 0 N–H and O–H groups in total. The maximum absolute atomic E-state index is 12.9. The lowest BCUT2D eigenvalue weighted by Crippen LogP contribution is -2.52. The van der Waals surface area contributed by atoms with E-state index >= 15 is 0 Å². The molecule has 7 heteroatoms. The van der Waals surface area contributed by atoms with Gasteiger partial charge in [-0.2, -0.15) is 0 Å². The van der Waals surface area contributed by atoms with E-state index < -0.39 is 0 Å². The zero-order chi connectivity index (χ0) is 19.7. The number of methoxy groups -OCH3 is 1. The van der Waals surface area contributed by atoms with Gasteiger partial charge in [0.05, 0.1) is 25.3 Å². The number of benzene rings is 2. The smallest absolute Gasteiger partial charge is 0.251 e. The zero-order valence-electron chi connectivity index (χ0n) is 15.7. The summed E-state index contributed by atoms with van der Waals surface area (Å²) in [7, 11) is 1.65. The van der Waals surface area contributed by atoms with Gasteiger partial charge in [-0.25, -0.2) is 4.90 Å². The molecule has 2 aromatic carbocycles. The van der Waals surface area contributed by atoms with Crippen molar-refractivity contribution in [1.82, 2.24) is 4.90 Å². The summed E-state index contributed by atoms with van der Waals surface area (Å²) in [4.78, 5) is 31.1. The minimum Gasteiger partial charge on any atom is -0.497 e. The van der Waals surface area contributed by atoms with Crippen molar-refractivity contribution in [2.75, 3.05) is 43.1 Å². The summed E-state index contributed by atoms with van der Waals surface area (Å²) < 4.78 is 5.21. The highest BCUT2D eigenvalue weighted by atomic mass is 35.5. The standard InChI is InChI=1S/C21H22ClN3O3/c1-28-18-8-6-16(7-9-18)23-10-12-24(13-11-23)19-14-20(26)25(21(19)27)17-4-2-15(22)3-5-17/h2-9,19H,10-14H2,1H3/t19-/m1/s1. The number of imide groups is 1. The Balaban J connectivity index is 1.41. The fourth-order valence-corrected chi connectivity index (χ4v) is 3.97. The van der Waals surface area contributed by atoms with Gasteiger partial charge in [-0.3, -0.25) is 14.5 Å². The highest BCUT2D eigenvalue weighted by molar-refractivity contribution is 6.30. The monoisotopic (exact) mass is 399 g/mol. The number of hydrogen-bond acceptors (Lipinski definition) is 5. The molecule has 2 aliphatic heterocycles. The van der Waals surface area contributed by atoms with Gasteiger partial charge in [-0.05, 0) is 48.5 Å². The van der Waals surface area contributed by atoms with Gasteiger partial charge >= 0.3 is 0 Å². The van der Waals surface area contributed by atoms with E-state index in [0.717, 1.165) is 37.6 Å². The fourth-order valence-electron chi connectivity index (χ4n) is 3.85. The van der Waals surface area contributed by atoms with Gasteiger partial charge in [0.25, 0.3) is 5.91 Å². The Morgan fingerprint density at radius 2 is 1.50 bits per heavy atom. The molecule has 0 aliphatic carbocycles. The SMILES string of the molecule is COc1ccc(N2CCN([C@@H]3CC(=O)N(c4ccc(Cl)cc4)C3=O)CC2)cc1. The van der Waals surface area contributed by atoms with Crippen LogP contribution < -0.4 is 14.5 Å². The first-order valence-corrected chi connectivity index (χ1v) is 9.70. The number of nitrogens with zero attached hydrogens (tertiary/aromatic N) is 3. The predicted octanol–water partition coefficient (Wildman–Crippen LogP) is 2.80. The minimum absolute atomic E-state index is 0.148. The average molecular weight is 400 g/mol. The Morgan fingerprint density at radius 1 is 0.893 bits per heavy atom. The molecule has 1 atom stereocenters. The highest BCUT2D eigenvalue weighted by Crippen LogP contribution is 2.28. The maximum atomic E-state index is 12.9. The second-order valence-corrected chi connectivity index (χ2v) is 7.42. The summed E-state index contributed by atoms with van der Waals surface area (Å²) in [6.45, 7) is 3.10. The van der Waals surface area contributed by atoms with Crippen molar-refractivity contribution in [3.8, 4) is 5.75 Å². The normalized spacial score (nSPS) is 20.7. The van der Waals surface area contributed by atoms with Crippen molar-refractivity contribution >= 4 is 34.8 Å². The van der Waals surface area contributed by atoms with E-state index in [1.807, 2.05) is 24.3 Å². The van der Waals surface area contributed by atoms with Crippen LogP contribution in [0.1, 0.15) is 6.42 Å². The predicted molar refractivity (Wildman–Crippen MR) is 109 cm³/mol. The number of anilines is 2. The molecule has 6 nitrogen and oxygen atoms in total. The number of hydrogen-bond donors (Lipinski definition) is 0. The number of ether oxygens (including phenoxy) is 1. The van der Waals surface area contributed by atoms with Crippen LogP contribution >= 0.6 is 11.6 Å². The van der Waals surface area contributed by atoms with Crippen molar-refractivity contribution in [3.05, 3.63) is 53.6 Å². The van der Waals surface area contributed by atoms with E-state index in [4.69, 9.17) is 16.3 Å². The minimum atomic E-state index is -0.388. The van der Waals surface area contributed by atoms with Crippen LogP contribution in [-0.2, 0) is 9.59 Å². The number of carbonyl (C=O) groups is 2. The van der Waals surface area contributed by atoms with Crippen molar-refractivity contribution in [1.29, 1.82) is 0 Å². The first-order chi connectivity index (χ1) is 13.6. The Hall–Kier alpha value is -2.57. The second kappa shape index (κ2) is 7.81. The van der Waals surface area contributed by atoms with Gasteiger partial charge in [0.15, 0.2) is 0 Å². The molecule has 2 aliphatic rings. The first-order valence-electron chi connectivity index (χ1n) is 9.32. The van der Waals surface area contributed by atoms with Crippen LogP contribution in [0.5, 0.6) is 5.75 Å². The molecule has 0 unspecified atom stereocenters. The lowest BCUT2D eigenvalue weighted by atomic mass is 10.1. The molecule has 0 radical (unpaired) electrons. The molecule has 2 fully saturated rings. The van der Waals surface area contributed by atoms with Gasteiger partial charge in [0, 0.05) is 36.9 Å². The van der Waals surface area contributed by atoms with E-state index in [2.05, 4.69) is 9.80 Å². The van der Waals surface area contributed by atoms with E-state index in [0.29, 0.717) is 10.7 Å². The average Bonchev–Trinajstić information content (AvgIpc) is 3.03. The largest absolute Gasteiger partial charge is 0.497 e. The molecule has 0 bridgehead atoms. The van der Waals surface area contributed by atoms with Crippen LogP contribution in [0.3, 0.4) is 0 Å². The summed E-state index contributed by atoms with van der Waals surface area (Å²) in [5.74, 6) is 0.528. The van der Waals surface area contributed by atoms with Crippen molar-refractivity contribution in [3.63, 3.8) is 0 Å². The number of piperazine rings is 1. The quantitative estimate of drug-likeness (QED) is 0.740. The Kier molecular flexibility index (Phi) is 5.24. The Morgan fingerprint density at radius 3 is 2.11 bits per heavy atom. The molecule has 2 saturated heterocycles. The molecule has 2 amide bonds. The van der Waals surface area contributed by atoms with Gasteiger partial charge in [-0.1, -0.05) is 11.6 Å². The molecule has 0 saturated carbocycles. The molecule has 0 spiro atoms. The van der Waals surface area contributed by atoms with E-state index in [1.54, 1.807) is 31.4 Å². The third-order valence-corrected chi connectivity index (χ3v) is 5.65. The van der Waals surface area contributed by atoms with Crippen LogP contribution in [-0.4, -0.2) is 56.0 Å². The summed E-state index contributed by atoms with van der Waals surface area (Å²) in [6, 6.07) is 14.4. The number of rotatable bonds is 4. The van der Waals surface area contributed by atoms with Gasteiger partial charge in [0.1, 0.15) is 5.75 Å². The maximum Gasteiger partial charge on any atom is 0.251 e. The fraction of sp³-hybridized carbons (Fsp3) is 0.333. The van der Waals surface area contributed by atoms with Crippen molar-refractivity contribution in [2.45, 2.75) is 12.5 Å². The topological polar surface area (TPSA) is 53.1 Å². The van der Waals surface area contributed by atoms with E-state index in [-0.39, 0.29) is 24.3 Å². The molecule has 0 aromatic heterocycles. The third kappa shape index (κ3) is 3.57. The van der Waals surface area contributed by atoms with Crippen molar-refractivity contribution < 1.29 is 14.3 Å². The van der Waals surface area contributed by atoms with Gasteiger partial charge < -0.3 is 9.64 Å². The summed E-state index contributed by atoms with van der Waals surface area (Å²) in [6.07, 6.45) is 0.226. The van der Waals surface area contributed by atoms with E-state index in [9.17, 15) is 9.59 Å². The first kappa shape index (κ1) is 18.8. The summed E-state index contributed by atoms with van der Waals surface area (Å²) >= 11 is 5.91. The second-order valence-electron chi connectivity index (χ2n) is 6.98. The van der Waals surface area contributed by atoms with Gasteiger partial charge in [-0.15, -0.1) is 0 Å². The summed E-state index contributed by atoms with van der Waals surface area (Å²) in [5, 5.41) is 0.578. The highest BCUT2D eigenvalue weighted by Gasteiger charge is 2.43. The molecule has 4 rings (SSSR count). The molecule has 146 valence electrons. The van der Waals surface area contributed by atoms with Crippen LogP contribution in [0.2, 0.25) is 5.02 Å².